The zero-order chi connectivity index (χ0) is 32.8. The van der Waals surface area contributed by atoms with Crippen molar-refractivity contribution < 1.29 is 19.8 Å². The van der Waals surface area contributed by atoms with Gasteiger partial charge >= 0.3 is 0 Å². The average molecular weight is 624 g/mol. The number of aryl methyl sites for hydroxylation is 2. The van der Waals surface area contributed by atoms with Gasteiger partial charge in [-0.1, -0.05) is 65.8 Å². The van der Waals surface area contributed by atoms with E-state index < -0.39 is 11.5 Å². The molecule has 0 fully saturated rings. The van der Waals surface area contributed by atoms with Crippen LogP contribution < -0.4 is 9.80 Å². The molecule has 0 bridgehead atoms. The fourth-order valence-electron chi connectivity index (χ4n) is 6.23. The summed E-state index contributed by atoms with van der Waals surface area (Å²) in [4.78, 5) is 30.8. The highest BCUT2D eigenvalue weighted by atomic mass is 16.3. The molecule has 0 saturated heterocycles. The van der Waals surface area contributed by atoms with Crippen molar-refractivity contribution in [3.63, 3.8) is 0 Å². The van der Waals surface area contributed by atoms with Crippen LogP contribution in [0.1, 0.15) is 70.2 Å². The highest BCUT2D eigenvalue weighted by Gasteiger charge is 2.52. The SMILES string of the molecule is CC(C)=CCC/C(C)=C/CN1C(=O)[C@](O)([C@H](C)/C=C/CCn2cc(CCO)nn2)c2cc(N3C(=O)CCc4ccccc43)ccc21. The predicted octanol–water partition coefficient (Wildman–Crippen LogP) is 5.93. The van der Waals surface area contributed by atoms with Gasteiger partial charge in [0.15, 0.2) is 5.60 Å². The summed E-state index contributed by atoms with van der Waals surface area (Å²) < 4.78 is 1.72. The Morgan fingerprint density at radius 2 is 1.85 bits per heavy atom. The quantitative estimate of drug-likeness (QED) is 0.228. The Morgan fingerprint density at radius 3 is 2.63 bits per heavy atom. The van der Waals surface area contributed by atoms with Gasteiger partial charge in [-0.05, 0) is 76.3 Å². The van der Waals surface area contributed by atoms with E-state index in [9.17, 15) is 14.7 Å². The van der Waals surface area contributed by atoms with E-state index in [-0.39, 0.29) is 18.4 Å². The van der Waals surface area contributed by atoms with Gasteiger partial charge in [0.1, 0.15) is 0 Å². The minimum atomic E-state index is -1.81. The van der Waals surface area contributed by atoms with E-state index in [0.29, 0.717) is 55.7 Å². The van der Waals surface area contributed by atoms with Gasteiger partial charge in [0.05, 0.1) is 17.1 Å². The Hall–Kier alpha value is -4.34. The molecule has 0 radical (unpaired) electrons. The Kier molecular flexibility index (Phi) is 10.3. The number of hydrogen-bond acceptors (Lipinski definition) is 6. The lowest BCUT2D eigenvalue weighted by Gasteiger charge is -2.31. The summed E-state index contributed by atoms with van der Waals surface area (Å²) in [5.74, 6) is -0.936. The first kappa shape index (κ1) is 33.0. The van der Waals surface area contributed by atoms with Crippen LogP contribution in [0.25, 0.3) is 0 Å². The fraction of sp³-hybridized carbons (Fsp3) is 0.405. The monoisotopic (exact) mass is 623 g/mol. The first-order valence-electron chi connectivity index (χ1n) is 16.2. The number of aliphatic hydroxyl groups excluding tert-OH is 1. The first-order chi connectivity index (χ1) is 22.1. The number of nitrogens with zero attached hydrogens (tertiary/aromatic N) is 5. The number of carbonyl (C=O) groups excluding carboxylic acids is 2. The zero-order valence-corrected chi connectivity index (χ0v) is 27.3. The molecule has 0 saturated carbocycles. The maximum Gasteiger partial charge on any atom is 0.264 e. The van der Waals surface area contributed by atoms with Crippen molar-refractivity contribution in [3.05, 3.63) is 101 Å². The molecule has 0 aliphatic carbocycles. The van der Waals surface area contributed by atoms with Crippen LogP contribution in [0.2, 0.25) is 0 Å². The van der Waals surface area contributed by atoms with Crippen LogP contribution >= 0.6 is 0 Å². The molecular weight excluding hydrogens is 578 g/mol. The van der Waals surface area contributed by atoms with E-state index >= 15 is 0 Å². The van der Waals surface area contributed by atoms with Crippen LogP contribution in [0, 0.1) is 5.92 Å². The summed E-state index contributed by atoms with van der Waals surface area (Å²) in [6, 6.07) is 13.4. The lowest BCUT2D eigenvalue weighted by atomic mass is 9.82. The number of allylic oxidation sites excluding steroid dienone is 4. The summed E-state index contributed by atoms with van der Waals surface area (Å²) >= 11 is 0. The van der Waals surface area contributed by atoms with E-state index in [2.05, 4.69) is 43.2 Å². The van der Waals surface area contributed by atoms with Gasteiger partial charge in [0.25, 0.3) is 5.91 Å². The standard InChI is InChI=1S/C37H45N5O4/c1-26(2)10-9-11-27(3)19-22-41-34-17-16-31(42-33-14-6-5-13-29(33)15-18-35(42)44)24-32(34)37(46,36(41)45)28(4)12-7-8-21-40-25-30(20-23-43)38-39-40/h5-7,10,12-14,16-17,19,24-25,28,43,46H,8-9,11,15,18,20-23H2,1-4H3/b12-7+,27-19+/t28-,37+/m1/s1. The van der Waals surface area contributed by atoms with Crippen LogP contribution in [0.3, 0.4) is 0 Å². The molecule has 2 N–H and O–H groups in total. The van der Waals surface area contributed by atoms with Gasteiger partial charge in [-0.3, -0.25) is 19.2 Å². The second-order valence-electron chi connectivity index (χ2n) is 12.6. The molecule has 46 heavy (non-hydrogen) atoms. The van der Waals surface area contributed by atoms with E-state index in [1.807, 2.05) is 67.7 Å². The Morgan fingerprint density at radius 1 is 1.04 bits per heavy atom. The highest BCUT2D eigenvalue weighted by Crippen LogP contribution is 2.48. The van der Waals surface area contributed by atoms with E-state index in [1.165, 1.54) is 11.1 Å². The molecule has 3 heterocycles. The molecule has 0 unspecified atom stereocenters. The molecule has 2 aliphatic rings. The lowest BCUT2D eigenvalue weighted by molar-refractivity contribution is -0.139. The van der Waals surface area contributed by atoms with Crippen molar-refractivity contribution in [2.24, 2.45) is 5.92 Å². The number of para-hydroxylation sites is 1. The number of anilines is 3. The molecule has 9 nitrogen and oxygen atoms in total. The van der Waals surface area contributed by atoms with Crippen molar-refractivity contribution in [3.8, 4) is 0 Å². The van der Waals surface area contributed by atoms with Gasteiger partial charge in [0, 0.05) is 55.9 Å². The fourth-order valence-corrected chi connectivity index (χ4v) is 6.23. The van der Waals surface area contributed by atoms with Crippen LogP contribution in [0.4, 0.5) is 17.1 Å². The second kappa shape index (κ2) is 14.4. The maximum absolute atomic E-state index is 14.2. The number of aliphatic hydroxyl groups is 2. The van der Waals surface area contributed by atoms with Crippen molar-refractivity contribution >= 4 is 28.9 Å². The second-order valence-corrected chi connectivity index (χ2v) is 12.6. The zero-order valence-electron chi connectivity index (χ0n) is 27.3. The third-order valence-corrected chi connectivity index (χ3v) is 8.88. The molecule has 242 valence electrons. The van der Waals surface area contributed by atoms with Crippen LogP contribution in [0.15, 0.2) is 84.1 Å². The smallest absolute Gasteiger partial charge is 0.264 e. The van der Waals surface area contributed by atoms with Gasteiger partial charge in [-0.25, -0.2) is 0 Å². The van der Waals surface area contributed by atoms with Crippen LogP contribution in [0.5, 0.6) is 0 Å². The number of carbonyl (C=O) groups is 2. The Balaban J connectivity index is 1.44. The molecule has 2 aliphatic heterocycles. The topological polar surface area (TPSA) is 112 Å². The number of amides is 2. The third kappa shape index (κ3) is 6.90. The molecule has 3 aromatic rings. The molecular formula is C37H45N5O4. The van der Waals surface area contributed by atoms with Gasteiger partial charge in [-0.15, -0.1) is 5.10 Å². The molecule has 5 rings (SSSR count). The summed E-state index contributed by atoms with van der Waals surface area (Å²) in [5, 5.41) is 29.7. The number of rotatable bonds is 13. The molecule has 2 amide bonds. The van der Waals surface area contributed by atoms with Gasteiger partial charge in [-0.2, -0.15) is 0 Å². The molecule has 2 aromatic carbocycles. The predicted molar refractivity (Wildman–Crippen MR) is 181 cm³/mol. The van der Waals surface area contributed by atoms with Crippen LogP contribution in [-0.4, -0.2) is 50.2 Å². The lowest BCUT2D eigenvalue weighted by Crippen LogP contribution is -2.44. The number of aromatic nitrogens is 3. The van der Waals surface area contributed by atoms with Crippen molar-refractivity contribution in [1.82, 2.24) is 15.0 Å². The van der Waals surface area contributed by atoms with E-state index in [1.54, 1.807) is 14.5 Å². The van der Waals surface area contributed by atoms with Crippen molar-refractivity contribution in [2.45, 2.75) is 78.4 Å². The highest BCUT2D eigenvalue weighted by molar-refractivity contribution is 6.09. The summed E-state index contributed by atoms with van der Waals surface area (Å²) in [5.41, 5.74) is 5.10. The van der Waals surface area contributed by atoms with Crippen molar-refractivity contribution in [1.29, 1.82) is 0 Å². The average Bonchev–Trinajstić information content (AvgIpc) is 3.57. The van der Waals surface area contributed by atoms with Gasteiger partial charge < -0.3 is 15.1 Å². The largest absolute Gasteiger partial charge is 0.396 e. The Bertz CT molecular complexity index is 1670. The third-order valence-electron chi connectivity index (χ3n) is 8.88. The summed E-state index contributed by atoms with van der Waals surface area (Å²) in [7, 11) is 0. The first-order valence-corrected chi connectivity index (χ1v) is 16.2. The van der Waals surface area contributed by atoms with Crippen LogP contribution in [-0.2, 0) is 34.6 Å². The summed E-state index contributed by atoms with van der Waals surface area (Å²) in [6.07, 6.45) is 13.9. The normalized spacial score (nSPS) is 18.7. The minimum absolute atomic E-state index is 0.0125. The van der Waals surface area contributed by atoms with E-state index in [4.69, 9.17) is 5.11 Å². The minimum Gasteiger partial charge on any atom is -0.396 e. The number of hydrogen-bond donors (Lipinski definition) is 2. The van der Waals surface area contributed by atoms with Crippen molar-refractivity contribution in [2.75, 3.05) is 23.0 Å². The molecule has 9 heteroatoms. The maximum atomic E-state index is 14.2. The number of benzene rings is 2. The molecule has 1 aromatic heterocycles. The van der Waals surface area contributed by atoms with Gasteiger partial charge in [0.2, 0.25) is 5.91 Å². The summed E-state index contributed by atoms with van der Waals surface area (Å²) in [6.45, 7) is 9.04. The number of fused-ring (bicyclic) bond motifs is 2. The molecule has 2 atom stereocenters. The Labute approximate surface area is 271 Å². The van der Waals surface area contributed by atoms with E-state index in [0.717, 1.165) is 29.8 Å². The molecule has 0 spiro atoms.